The zero-order valence-corrected chi connectivity index (χ0v) is 22.5. The van der Waals surface area contributed by atoms with Crippen LogP contribution in [-0.2, 0) is 23.9 Å². The molecule has 6 aromatic rings. The van der Waals surface area contributed by atoms with Gasteiger partial charge in [-0.1, -0.05) is 23.9 Å². The van der Waals surface area contributed by atoms with Crippen LogP contribution in [0.1, 0.15) is 0 Å². The maximum atomic E-state index is 11.5. The fourth-order valence-electron chi connectivity index (χ4n) is 3.74. The van der Waals surface area contributed by atoms with Crippen molar-refractivity contribution < 1.29 is 8.42 Å². The van der Waals surface area contributed by atoms with Crippen LogP contribution in [0.5, 0.6) is 0 Å². The molecule has 0 radical (unpaired) electrons. The summed E-state index contributed by atoms with van der Waals surface area (Å²) in [6, 6.07) is 11.8. The van der Waals surface area contributed by atoms with Crippen LogP contribution >= 0.6 is 11.8 Å². The molecule has 2 aromatic carbocycles. The molecule has 0 aliphatic carbocycles. The number of hydrogen-bond acceptors (Lipinski definition) is 11. The number of aromatic nitrogens is 10. The van der Waals surface area contributed by atoms with Gasteiger partial charge in [-0.05, 0) is 30.5 Å². The molecule has 0 spiro atoms. The van der Waals surface area contributed by atoms with Crippen LogP contribution in [0.3, 0.4) is 0 Å². The van der Waals surface area contributed by atoms with E-state index in [1.54, 1.807) is 17.1 Å². The number of thioether (sulfide) groups is 1. The second-order valence-electron chi connectivity index (χ2n) is 8.31. The van der Waals surface area contributed by atoms with Crippen molar-refractivity contribution in [2.24, 2.45) is 14.1 Å². The van der Waals surface area contributed by atoms with Crippen LogP contribution in [0.2, 0.25) is 0 Å². The van der Waals surface area contributed by atoms with Gasteiger partial charge in [0.15, 0.2) is 0 Å². The van der Waals surface area contributed by atoms with Crippen molar-refractivity contribution in [2.75, 3.05) is 12.5 Å². The number of sulfone groups is 1. The zero-order valence-electron chi connectivity index (χ0n) is 20.9. The first-order chi connectivity index (χ1) is 18.2. The largest absolute Gasteiger partial charge is 0.268 e. The van der Waals surface area contributed by atoms with Crippen LogP contribution in [-0.4, -0.2) is 70.9 Å². The van der Waals surface area contributed by atoms with Crippen molar-refractivity contribution in [3.8, 4) is 22.5 Å². The van der Waals surface area contributed by atoms with Crippen molar-refractivity contribution in [1.82, 2.24) is 49.9 Å². The Balaban J connectivity index is 0.000000156. The van der Waals surface area contributed by atoms with Gasteiger partial charge >= 0.3 is 0 Å². The van der Waals surface area contributed by atoms with Gasteiger partial charge in [0.1, 0.15) is 0 Å². The lowest BCUT2D eigenvalue weighted by atomic mass is 10.1. The van der Waals surface area contributed by atoms with E-state index in [4.69, 9.17) is 0 Å². The van der Waals surface area contributed by atoms with E-state index in [0.29, 0.717) is 10.9 Å². The predicted molar refractivity (Wildman–Crippen MR) is 144 cm³/mol. The summed E-state index contributed by atoms with van der Waals surface area (Å²) in [5.41, 5.74) is 5.18. The number of nitrogens with zero attached hydrogens (tertiary/aromatic N) is 10. The van der Waals surface area contributed by atoms with Gasteiger partial charge in [0, 0.05) is 42.3 Å². The summed E-state index contributed by atoms with van der Waals surface area (Å²) >= 11 is 1.48. The molecule has 0 bridgehead atoms. The lowest BCUT2D eigenvalue weighted by Crippen LogP contribution is -2.06. The van der Waals surface area contributed by atoms with Gasteiger partial charge in [-0.3, -0.25) is 9.36 Å². The molecule has 38 heavy (non-hydrogen) atoms. The summed E-state index contributed by atoms with van der Waals surface area (Å²) in [6.45, 7) is 0. The number of rotatable bonds is 4. The zero-order chi connectivity index (χ0) is 26.9. The SMILES string of the molecule is CSc1nncc(-c2ccc3c(cnn3C)c2)n1.Cn1ncc2cc(-c3cnnc(S(C)(=O)=O)n3)ccc21. The first-order valence-electron chi connectivity index (χ1n) is 11.2. The molecule has 192 valence electrons. The average molecular weight is 547 g/mol. The molecule has 14 heteroatoms. The number of fused-ring (bicyclic) bond motifs is 2. The van der Waals surface area contributed by atoms with E-state index in [0.717, 1.165) is 44.9 Å². The molecule has 0 fully saturated rings. The molecule has 0 aliphatic heterocycles. The van der Waals surface area contributed by atoms with Gasteiger partial charge in [-0.15, -0.1) is 10.2 Å². The molecule has 0 atom stereocenters. The summed E-state index contributed by atoms with van der Waals surface area (Å²) in [5, 5.41) is 26.0. The fraction of sp³-hybridized carbons (Fsp3) is 0.167. The topological polar surface area (TPSA) is 147 Å². The molecule has 0 unspecified atom stereocenters. The summed E-state index contributed by atoms with van der Waals surface area (Å²) in [5.74, 6) is 0. The van der Waals surface area contributed by atoms with E-state index < -0.39 is 9.84 Å². The number of hydrogen-bond donors (Lipinski definition) is 0. The number of benzene rings is 2. The highest BCUT2D eigenvalue weighted by atomic mass is 32.2. The minimum absolute atomic E-state index is 0.277. The Morgan fingerprint density at radius 1 is 0.737 bits per heavy atom. The third-order valence-electron chi connectivity index (χ3n) is 5.68. The first kappa shape index (κ1) is 25.4. The molecule has 4 aromatic heterocycles. The van der Waals surface area contributed by atoms with E-state index in [1.807, 2.05) is 61.6 Å². The molecule has 12 nitrogen and oxygen atoms in total. The quantitative estimate of drug-likeness (QED) is 0.301. The van der Waals surface area contributed by atoms with Crippen LogP contribution < -0.4 is 0 Å². The van der Waals surface area contributed by atoms with Gasteiger partial charge in [-0.25, -0.2) is 18.4 Å². The summed E-state index contributed by atoms with van der Waals surface area (Å²) < 4.78 is 26.5. The third kappa shape index (κ3) is 5.21. The Morgan fingerprint density at radius 3 is 1.79 bits per heavy atom. The van der Waals surface area contributed by atoms with Crippen LogP contribution in [0, 0.1) is 0 Å². The van der Waals surface area contributed by atoms with Gasteiger partial charge in [0.25, 0.3) is 5.16 Å². The maximum Gasteiger partial charge on any atom is 0.267 e. The van der Waals surface area contributed by atoms with E-state index >= 15 is 0 Å². The van der Waals surface area contributed by atoms with E-state index in [2.05, 4.69) is 46.6 Å². The van der Waals surface area contributed by atoms with Gasteiger partial charge in [0.2, 0.25) is 15.0 Å². The highest BCUT2D eigenvalue weighted by molar-refractivity contribution is 7.98. The highest BCUT2D eigenvalue weighted by Crippen LogP contribution is 2.24. The number of aryl methyl sites for hydroxylation is 2. The Kier molecular flexibility index (Phi) is 6.82. The van der Waals surface area contributed by atoms with E-state index in [-0.39, 0.29) is 5.16 Å². The minimum Gasteiger partial charge on any atom is -0.268 e. The van der Waals surface area contributed by atoms with Crippen molar-refractivity contribution in [3.63, 3.8) is 0 Å². The third-order valence-corrected chi connectivity index (χ3v) is 7.05. The molecule has 0 aliphatic rings. The van der Waals surface area contributed by atoms with Crippen molar-refractivity contribution >= 4 is 43.4 Å². The molecule has 0 saturated heterocycles. The van der Waals surface area contributed by atoms with Crippen LogP contribution in [0.15, 0.2) is 71.5 Å². The summed E-state index contributed by atoms with van der Waals surface area (Å²) in [6.07, 6.45) is 9.69. The molecule has 4 heterocycles. The van der Waals surface area contributed by atoms with Crippen molar-refractivity contribution in [2.45, 2.75) is 10.3 Å². The average Bonchev–Trinajstić information content (AvgIpc) is 3.50. The molecule has 0 saturated carbocycles. The molecule has 6 rings (SSSR count). The molecular formula is C24H22N10O2S2. The predicted octanol–water partition coefficient (Wildman–Crippen LogP) is 2.98. The molecule has 0 N–H and O–H groups in total. The Morgan fingerprint density at radius 2 is 1.26 bits per heavy atom. The Labute approximate surface area is 222 Å². The highest BCUT2D eigenvalue weighted by Gasteiger charge is 2.14. The van der Waals surface area contributed by atoms with Gasteiger partial charge in [0.05, 0.1) is 47.2 Å². The molecule has 0 amide bonds. The minimum atomic E-state index is -3.47. The summed E-state index contributed by atoms with van der Waals surface area (Å²) in [4.78, 5) is 8.48. The fourth-order valence-corrected chi connectivity index (χ4v) is 4.52. The molecular weight excluding hydrogens is 524 g/mol. The van der Waals surface area contributed by atoms with Crippen molar-refractivity contribution in [1.29, 1.82) is 0 Å². The Hall–Kier alpha value is -4.30. The first-order valence-corrected chi connectivity index (χ1v) is 14.3. The lowest BCUT2D eigenvalue weighted by molar-refractivity contribution is 0.589. The monoisotopic (exact) mass is 546 g/mol. The van der Waals surface area contributed by atoms with E-state index in [1.165, 1.54) is 18.0 Å². The second-order valence-corrected chi connectivity index (χ2v) is 11.0. The summed E-state index contributed by atoms with van der Waals surface area (Å²) in [7, 11) is 0.315. The van der Waals surface area contributed by atoms with E-state index in [9.17, 15) is 8.42 Å². The van der Waals surface area contributed by atoms with Crippen molar-refractivity contribution in [3.05, 3.63) is 61.2 Å². The standard InChI is InChI=1S/C12H11N5O2S.C12H11N5S/c1-17-11-4-3-8(5-9(11)6-14-17)10-7-13-16-12(15-10)20(2,18)19;1-17-11-4-3-8(5-9(11)6-14-17)10-7-13-16-12(15-10)18-2/h3-7H,1-2H3;3-7H,1-2H3. The Bertz CT molecular complexity index is 1880. The smallest absolute Gasteiger partial charge is 0.267 e. The van der Waals surface area contributed by atoms with Crippen LogP contribution in [0.4, 0.5) is 0 Å². The van der Waals surface area contributed by atoms with Crippen LogP contribution in [0.25, 0.3) is 44.3 Å². The second kappa shape index (κ2) is 10.2. The lowest BCUT2D eigenvalue weighted by Gasteiger charge is -2.02. The normalized spacial score (nSPS) is 11.5. The van der Waals surface area contributed by atoms with Gasteiger partial charge in [-0.2, -0.15) is 20.4 Å². The maximum absolute atomic E-state index is 11.5. The van der Waals surface area contributed by atoms with Gasteiger partial charge < -0.3 is 0 Å².